The lowest BCUT2D eigenvalue weighted by Gasteiger charge is -2.10. The molecule has 0 aliphatic carbocycles. The Morgan fingerprint density at radius 1 is 1.32 bits per heavy atom. The third-order valence-electron chi connectivity index (χ3n) is 4.49. The van der Waals surface area contributed by atoms with Crippen LogP contribution in [0.3, 0.4) is 0 Å². The Hall–Kier alpha value is -2.34. The summed E-state index contributed by atoms with van der Waals surface area (Å²) >= 11 is 3.43. The molecule has 1 aliphatic heterocycles. The number of benzene rings is 2. The predicted molar refractivity (Wildman–Crippen MR) is 97.3 cm³/mol. The van der Waals surface area contributed by atoms with Crippen LogP contribution >= 0.6 is 15.9 Å². The molecule has 4 nitrogen and oxygen atoms in total. The van der Waals surface area contributed by atoms with Crippen molar-refractivity contribution in [3.63, 3.8) is 0 Å². The maximum atomic E-state index is 13.4. The lowest BCUT2D eigenvalue weighted by atomic mass is 10.0. The molecule has 2 heterocycles. The molecule has 0 radical (unpaired) electrons. The van der Waals surface area contributed by atoms with Gasteiger partial charge in [-0.3, -0.25) is 4.79 Å². The first-order valence-electron chi connectivity index (χ1n) is 8.07. The van der Waals surface area contributed by atoms with Crippen LogP contribution < -0.4 is 10.1 Å². The molecule has 3 aromatic rings. The largest absolute Gasteiger partial charge is 0.492 e. The van der Waals surface area contributed by atoms with Crippen LogP contribution in [0.2, 0.25) is 0 Å². The minimum Gasteiger partial charge on any atom is -0.492 e. The van der Waals surface area contributed by atoms with E-state index in [4.69, 9.17) is 4.74 Å². The second kappa shape index (κ2) is 6.52. The molecule has 25 heavy (non-hydrogen) atoms. The quantitative estimate of drug-likeness (QED) is 0.694. The van der Waals surface area contributed by atoms with E-state index in [1.807, 2.05) is 24.4 Å². The van der Waals surface area contributed by atoms with Crippen LogP contribution in [0.15, 0.2) is 47.1 Å². The Balaban J connectivity index is 1.41. The molecule has 1 aromatic heterocycles. The van der Waals surface area contributed by atoms with Crippen LogP contribution in [0, 0.1) is 5.82 Å². The van der Waals surface area contributed by atoms with E-state index in [1.165, 1.54) is 12.1 Å². The standard InChI is InChI=1S/C19H16BrFN2O2/c20-12-1-4-18-15(7-12)16(10-25-18)19(24)22-6-5-11-9-23-17-3-2-13(21)8-14(11)17/h1-4,7-9,16,23H,5-6,10H2,(H,22,24). The second-order valence-electron chi connectivity index (χ2n) is 6.09. The van der Waals surface area contributed by atoms with Gasteiger partial charge in [0.25, 0.3) is 0 Å². The van der Waals surface area contributed by atoms with Crippen molar-refractivity contribution in [2.24, 2.45) is 0 Å². The molecule has 1 atom stereocenters. The number of fused-ring (bicyclic) bond motifs is 2. The van der Waals surface area contributed by atoms with Gasteiger partial charge in [0.2, 0.25) is 5.91 Å². The SMILES string of the molecule is O=C(NCCc1c[nH]c2ccc(F)cc12)C1COc2ccc(Br)cc21. The minimum atomic E-state index is -0.298. The molecule has 0 saturated heterocycles. The Labute approximate surface area is 152 Å². The van der Waals surface area contributed by atoms with Crippen LogP contribution in [0.4, 0.5) is 4.39 Å². The Kier molecular flexibility index (Phi) is 4.21. The number of hydrogen-bond acceptors (Lipinski definition) is 2. The van der Waals surface area contributed by atoms with Crippen molar-refractivity contribution >= 4 is 32.7 Å². The molecular weight excluding hydrogens is 387 g/mol. The predicted octanol–water partition coefficient (Wildman–Crippen LogP) is 3.90. The highest BCUT2D eigenvalue weighted by atomic mass is 79.9. The van der Waals surface area contributed by atoms with Gasteiger partial charge < -0.3 is 15.0 Å². The van der Waals surface area contributed by atoms with Gasteiger partial charge in [0.15, 0.2) is 0 Å². The van der Waals surface area contributed by atoms with Gasteiger partial charge in [-0.15, -0.1) is 0 Å². The third-order valence-corrected chi connectivity index (χ3v) is 4.99. The van der Waals surface area contributed by atoms with E-state index < -0.39 is 0 Å². The average Bonchev–Trinajstić information content (AvgIpc) is 3.18. The first-order chi connectivity index (χ1) is 12.1. The van der Waals surface area contributed by atoms with Crippen molar-refractivity contribution in [3.8, 4) is 5.75 Å². The number of H-pyrrole nitrogens is 1. The zero-order chi connectivity index (χ0) is 17.4. The van der Waals surface area contributed by atoms with E-state index >= 15 is 0 Å². The van der Waals surface area contributed by atoms with Crippen molar-refractivity contribution in [1.82, 2.24) is 10.3 Å². The fraction of sp³-hybridized carbons (Fsp3) is 0.211. The highest BCUT2D eigenvalue weighted by molar-refractivity contribution is 9.10. The Morgan fingerprint density at radius 3 is 3.08 bits per heavy atom. The number of carbonyl (C=O) groups excluding carboxylic acids is 1. The summed E-state index contributed by atoms with van der Waals surface area (Å²) in [6.45, 7) is 0.845. The molecule has 6 heteroatoms. The molecular formula is C19H16BrFN2O2. The van der Waals surface area contributed by atoms with Crippen LogP contribution in [0.1, 0.15) is 17.0 Å². The van der Waals surface area contributed by atoms with E-state index in [0.717, 1.165) is 32.3 Å². The van der Waals surface area contributed by atoms with Gasteiger partial charge in [0.1, 0.15) is 24.1 Å². The number of amides is 1. The molecule has 2 N–H and O–H groups in total. The molecule has 0 saturated carbocycles. The summed E-state index contributed by atoms with van der Waals surface area (Å²) in [6, 6.07) is 10.4. The molecule has 1 unspecified atom stereocenters. The van der Waals surface area contributed by atoms with Crippen molar-refractivity contribution < 1.29 is 13.9 Å². The normalized spacial score (nSPS) is 15.8. The minimum absolute atomic E-state index is 0.0529. The molecule has 4 rings (SSSR count). The molecule has 1 aliphatic rings. The van der Waals surface area contributed by atoms with E-state index in [2.05, 4.69) is 26.2 Å². The molecule has 2 aromatic carbocycles. The van der Waals surface area contributed by atoms with E-state index in [-0.39, 0.29) is 17.6 Å². The zero-order valence-corrected chi connectivity index (χ0v) is 14.9. The summed E-state index contributed by atoms with van der Waals surface area (Å²) in [5.41, 5.74) is 2.78. The molecule has 0 bridgehead atoms. The highest BCUT2D eigenvalue weighted by Gasteiger charge is 2.30. The summed E-state index contributed by atoms with van der Waals surface area (Å²) < 4.78 is 19.9. The van der Waals surface area contributed by atoms with Gasteiger partial charge in [0.05, 0.1) is 0 Å². The Morgan fingerprint density at radius 2 is 2.20 bits per heavy atom. The lowest BCUT2D eigenvalue weighted by molar-refractivity contribution is -0.122. The van der Waals surface area contributed by atoms with Crippen LogP contribution in [0.5, 0.6) is 5.75 Å². The molecule has 1 amide bonds. The van der Waals surface area contributed by atoms with Crippen molar-refractivity contribution in [1.29, 1.82) is 0 Å². The summed E-state index contributed by atoms with van der Waals surface area (Å²) in [5.74, 6) is 0.147. The smallest absolute Gasteiger partial charge is 0.231 e. The van der Waals surface area contributed by atoms with E-state index in [9.17, 15) is 9.18 Å². The topological polar surface area (TPSA) is 54.1 Å². The van der Waals surface area contributed by atoms with Crippen molar-refractivity contribution in [3.05, 3.63) is 64.0 Å². The van der Waals surface area contributed by atoms with E-state index in [1.54, 1.807) is 6.07 Å². The first kappa shape index (κ1) is 16.1. The van der Waals surface area contributed by atoms with Gasteiger partial charge >= 0.3 is 0 Å². The number of rotatable bonds is 4. The van der Waals surface area contributed by atoms with Gasteiger partial charge in [-0.05, 0) is 48.4 Å². The number of carbonyl (C=O) groups is 1. The number of aromatic amines is 1. The fourth-order valence-electron chi connectivity index (χ4n) is 3.20. The number of halogens is 2. The van der Waals surface area contributed by atoms with Gasteiger partial charge in [-0.25, -0.2) is 4.39 Å². The van der Waals surface area contributed by atoms with Crippen LogP contribution in [-0.2, 0) is 11.2 Å². The van der Waals surface area contributed by atoms with Gasteiger partial charge in [0, 0.05) is 33.7 Å². The van der Waals surface area contributed by atoms with Crippen LogP contribution in [0.25, 0.3) is 10.9 Å². The molecule has 0 spiro atoms. The third kappa shape index (κ3) is 3.14. The fourth-order valence-corrected chi connectivity index (χ4v) is 3.58. The van der Waals surface area contributed by atoms with Gasteiger partial charge in [-0.2, -0.15) is 0 Å². The van der Waals surface area contributed by atoms with Gasteiger partial charge in [-0.1, -0.05) is 15.9 Å². The monoisotopic (exact) mass is 402 g/mol. The number of aromatic nitrogens is 1. The number of nitrogens with one attached hydrogen (secondary N) is 2. The molecule has 0 fully saturated rings. The van der Waals surface area contributed by atoms with Crippen LogP contribution in [-0.4, -0.2) is 24.0 Å². The second-order valence-corrected chi connectivity index (χ2v) is 7.01. The maximum Gasteiger partial charge on any atom is 0.231 e. The molecule has 128 valence electrons. The van der Waals surface area contributed by atoms with E-state index in [0.29, 0.717) is 19.6 Å². The number of hydrogen-bond donors (Lipinski definition) is 2. The lowest BCUT2D eigenvalue weighted by Crippen LogP contribution is -2.31. The van der Waals surface area contributed by atoms with Crippen molar-refractivity contribution in [2.45, 2.75) is 12.3 Å². The highest BCUT2D eigenvalue weighted by Crippen LogP contribution is 2.35. The summed E-state index contributed by atoms with van der Waals surface area (Å²) in [4.78, 5) is 15.6. The Bertz CT molecular complexity index is 954. The first-order valence-corrected chi connectivity index (χ1v) is 8.86. The summed E-state index contributed by atoms with van der Waals surface area (Å²) in [6.07, 6.45) is 2.50. The summed E-state index contributed by atoms with van der Waals surface area (Å²) in [7, 11) is 0. The number of ether oxygens (including phenoxy) is 1. The average molecular weight is 403 g/mol. The zero-order valence-electron chi connectivity index (χ0n) is 13.3. The van der Waals surface area contributed by atoms with Crippen molar-refractivity contribution in [2.75, 3.05) is 13.2 Å². The maximum absolute atomic E-state index is 13.4. The summed E-state index contributed by atoms with van der Waals surface area (Å²) in [5, 5.41) is 3.82.